The van der Waals surface area contributed by atoms with Gasteiger partial charge in [-0.2, -0.15) is 0 Å². The molecule has 0 saturated heterocycles. The zero-order valence-corrected chi connectivity index (χ0v) is 15.1. The summed E-state index contributed by atoms with van der Waals surface area (Å²) in [7, 11) is 4.24. The van der Waals surface area contributed by atoms with Gasteiger partial charge in [0.15, 0.2) is 0 Å². The minimum Gasteiger partial charge on any atom is -0.348 e. The van der Waals surface area contributed by atoms with Crippen molar-refractivity contribution in [3.63, 3.8) is 0 Å². The maximum Gasteiger partial charge on any atom is 0.244 e. The van der Waals surface area contributed by atoms with Gasteiger partial charge in [-0.1, -0.05) is 52.3 Å². The Hall–Kier alpha value is -1.91. The van der Waals surface area contributed by atoms with Crippen molar-refractivity contribution in [1.29, 1.82) is 0 Å². The van der Waals surface area contributed by atoms with E-state index in [-0.39, 0.29) is 5.91 Å². The first-order valence-corrected chi connectivity index (χ1v) is 8.41. The van der Waals surface area contributed by atoms with Gasteiger partial charge in [-0.25, -0.2) is 0 Å². The number of hydrogen-bond acceptors (Lipinski definition) is 1. The fraction of sp³-hybridized carbons (Fsp3) is 0.211. The molecule has 0 heterocycles. The van der Waals surface area contributed by atoms with E-state index in [1.54, 1.807) is 6.08 Å². The summed E-state index contributed by atoms with van der Waals surface area (Å²) in [6.07, 6.45) is 3.39. The zero-order valence-electron chi connectivity index (χ0n) is 13.5. The molecule has 23 heavy (non-hydrogen) atoms. The van der Waals surface area contributed by atoms with E-state index in [4.69, 9.17) is 0 Å². The third kappa shape index (κ3) is 6.00. The van der Waals surface area contributed by atoms with Crippen LogP contribution in [0.1, 0.15) is 16.7 Å². The van der Waals surface area contributed by atoms with Gasteiger partial charge in [0.05, 0.1) is 14.1 Å². The fourth-order valence-electron chi connectivity index (χ4n) is 2.31. The molecule has 2 aromatic rings. The molecule has 0 radical (unpaired) electrons. The largest absolute Gasteiger partial charge is 0.348 e. The molecule has 0 atom stereocenters. The Kier molecular flexibility index (Phi) is 6.56. The van der Waals surface area contributed by atoms with Crippen LogP contribution in [-0.4, -0.2) is 20.0 Å². The zero-order chi connectivity index (χ0) is 16.7. The smallest absolute Gasteiger partial charge is 0.244 e. The van der Waals surface area contributed by atoms with Crippen LogP contribution in [0.4, 0.5) is 0 Å². The summed E-state index contributed by atoms with van der Waals surface area (Å²) in [5.41, 5.74) is 3.42. The van der Waals surface area contributed by atoms with E-state index < -0.39 is 0 Å². The molecule has 0 aliphatic carbocycles. The maximum absolute atomic E-state index is 12.0. The molecule has 2 N–H and O–H groups in total. The summed E-state index contributed by atoms with van der Waals surface area (Å²) >= 11 is 3.42. The van der Waals surface area contributed by atoms with Crippen molar-refractivity contribution in [3.05, 3.63) is 75.8 Å². The third-order valence-corrected chi connectivity index (χ3v) is 3.88. The molecular weight excluding hydrogens is 352 g/mol. The first-order chi connectivity index (χ1) is 11.0. The number of amides is 1. The molecule has 1 amide bonds. The summed E-state index contributed by atoms with van der Waals surface area (Å²) < 4.78 is 1.00. The topological polar surface area (TPSA) is 33.5 Å². The third-order valence-electron chi connectivity index (χ3n) is 3.39. The summed E-state index contributed by atoms with van der Waals surface area (Å²) in [4.78, 5) is 13.4. The molecule has 120 valence electrons. The van der Waals surface area contributed by atoms with E-state index in [1.165, 1.54) is 10.5 Å². The van der Waals surface area contributed by atoms with E-state index in [9.17, 15) is 4.79 Å². The lowest BCUT2D eigenvalue weighted by Gasteiger charge is -2.12. The van der Waals surface area contributed by atoms with Crippen LogP contribution in [0.5, 0.6) is 0 Å². The van der Waals surface area contributed by atoms with E-state index in [0.717, 1.165) is 22.1 Å². The molecule has 3 nitrogen and oxygen atoms in total. The Morgan fingerprint density at radius 3 is 2.57 bits per heavy atom. The SMILES string of the molecule is C[NH+](C)Cc1ccccc1CNC(=O)/C=C/c1cccc(Br)c1. The van der Waals surface area contributed by atoms with Gasteiger partial charge < -0.3 is 10.2 Å². The Bertz CT molecular complexity index is 695. The normalized spacial score (nSPS) is 11.1. The molecule has 2 rings (SSSR count). The Morgan fingerprint density at radius 1 is 1.13 bits per heavy atom. The standard InChI is InChI=1S/C19H21BrN2O/c1-22(2)14-17-8-4-3-7-16(17)13-21-19(23)11-10-15-6-5-9-18(20)12-15/h3-12H,13-14H2,1-2H3,(H,21,23)/p+1/b11-10+. The number of carbonyl (C=O) groups excluding carboxylic acids is 1. The molecule has 2 aromatic carbocycles. The van der Waals surface area contributed by atoms with E-state index in [2.05, 4.69) is 47.5 Å². The number of hydrogen-bond donors (Lipinski definition) is 2. The summed E-state index contributed by atoms with van der Waals surface area (Å²) in [5, 5.41) is 2.95. The van der Waals surface area contributed by atoms with Gasteiger partial charge in [-0.15, -0.1) is 0 Å². The highest BCUT2D eigenvalue weighted by atomic mass is 79.9. The van der Waals surface area contributed by atoms with E-state index >= 15 is 0 Å². The highest BCUT2D eigenvalue weighted by Gasteiger charge is 2.05. The van der Waals surface area contributed by atoms with Crippen LogP contribution < -0.4 is 10.2 Å². The number of nitrogens with one attached hydrogen (secondary N) is 2. The molecule has 0 unspecified atom stereocenters. The van der Waals surface area contributed by atoms with Crippen molar-refractivity contribution >= 4 is 27.9 Å². The summed E-state index contributed by atoms with van der Waals surface area (Å²) in [6, 6.07) is 16.1. The second-order valence-corrected chi connectivity index (χ2v) is 6.67. The van der Waals surface area contributed by atoms with Crippen molar-refractivity contribution < 1.29 is 9.69 Å². The molecule has 0 spiro atoms. The van der Waals surface area contributed by atoms with Crippen LogP contribution in [0.15, 0.2) is 59.1 Å². The number of halogens is 1. The van der Waals surface area contributed by atoms with Crippen LogP contribution in [0.25, 0.3) is 6.08 Å². The lowest BCUT2D eigenvalue weighted by atomic mass is 10.1. The van der Waals surface area contributed by atoms with Crippen LogP contribution in [0, 0.1) is 0 Å². The highest BCUT2D eigenvalue weighted by molar-refractivity contribution is 9.10. The molecule has 0 aliphatic heterocycles. The summed E-state index contributed by atoms with van der Waals surface area (Å²) in [5.74, 6) is -0.0861. The summed E-state index contributed by atoms with van der Waals surface area (Å²) in [6.45, 7) is 1.49. The molecular formula is C19H22BrN2O+. The van der Waals surface area contributed by atoms with Crippen LogP contribution in [0.2, 0.25) is 0 Å². The second-order valence-electron chi connectivity index (χ2n) is 5.76. The van der Waals surface area contributed by atoms with Gasteiger partial charge in [0.2, 0.25) is 5.91 Å². The van der Waals surface area contributed by atoms with Gasteiger partial charge in [-0.3, -0.25) is 4.79 Å². The van der Waals surface area contributed by atoms with E-state index in [0.29, 0.717) is 6.54 Å². The molecule has 0 aromatic heterocycles. The van der Waals surface area contributed by atoms with Gasteiger partial charge in [0.25, 0.3) is 0 Å². The molecule has 0 bridgehead atoms. The number of carbonyl (C=O) groups is 1. The highest BCUT2D eigenvalue weighted by Crippen LogP contribution is 2.12. The van der Waals surface area contributed by atoms with Crippen LogP contribution >= 0.6 is 15.9 Å². The minimum absolute atomic E-state index is 0.0861. The van der Waals surface area contributed by atoms with Crippen molar-refractivity contribution in [3.8, 4) is 0 Å². The Morgan fingerprint density at radius 2 is 1.87 bits per heavy atom. The number of benzene rings is 2. The van der Waals surface area contributed by atoms with Crippen LogP contribution in [0.3, 0.4) is 0 Å². The molecule has 0 aliphatic rings. The van der Waals surface area contributed by atoms with Gasteiger partial charge in [0, 0.05) is 22.7 Å². The molecule has 0 saturated carbocycles. The first kappa shape index (κ1) is 17.4. The van der Waals surface area contributed by atoms with Crippen molar-refractivity contribution in [2.24, 2.45) is 0 Å². The first-order valence-electron chi connectivity index (χ1n) is 7.62. The van der Waals surface area contributed by atoms with Crippen molar-refractivity contribution in [2.75, 3.05) is 14.1 Å². The average molecular weight is 374 g/mol. The molecule has 0 fully saturated rings. The predicted molar refractivity (Wildman–Crippen MR) is 98.0 cm³/mol. The second kappa shape index (κ2) is 8.65. The fourth-order valence-corrected chi connectivity index (χ4v) is 2.72. The Labute approximate surface area is 146 Å². The predicted octanol–water partition coefficient (Wildman–Crippen LogP) is 2.42. The van der Waals surface area contributed by atoms with Crippen molar-refractivity contribution in [2.45, 2.75) is 13.1 Å². The lowest BCUT2D eigenvalue weighted by Crippen LogP contribution is -3.04. The van der Waals surface area contributed by atoms with Crippen LogP contribution in [-0.2, 0) is 17.9 Å². The van der Waals surface area contributed by atoms with Gasteiger partial charge in [-0.05, 0) is 29.3 Å². The number of rotatable bonds is 6. The minimum atomic E-state index is -0.0861. The van der Waals surface area contributed by atoms with Crippen molar-refractivity contribution in [1.82, 2.24) is 5.32 Å². The molecule has 4 heteroatoms. The maximum atomic E-state index is 12.0. The lowest BCUT2D eigenvalue weighted by molar-refractivity contribution is -0.872. The Balaban J connectivity index is 1.94. The van der Waals surface area contributed by atoms with Gasteiger partial charge >= 0.3 is 0 Å². The monoisotopic (exact) mass is 373 g/mol. The average Bonchev–Trinajstić information content (AvgIpc) is 2.51. The van der Waals surface area contributed by atoms with Gasteiger partial charge in [0.1, 0.15) is 6.54 Å². The van der Waals surface area contributed by atoms with E-state index in [1.807, 2.05) is 42.5 Å². The quantitative estimate of drug-likeness (QED) is 0.749. The number of quaternary nitrogens is 1.